The molecule has 3 heterocycles. The smallest absolute Gasteiger partial charge is 0.311 e. The maximum atomic E-state index is 12.4. The van der Waals surface area contributed by atoms with Gasteiger partial charge in [0.2, 0.25) is 0 Å². The van der Waals surface area contributed by atoms with E-state index in [0.29, 0.717) is 23.2 Å². The molecule has 1 aliphatic rings. The molecule has 0 unspecified atom stereocenters. The molecular weight excluding hydrogens is 346 g/mol. The van der Waals surface area contributed by atoms with Crippen molar-refractivity contribution in [1.82, 2.24) is 19.4 Å². The Bertz CT molecular complexity index is 859. The summed E-state index contributed by atoms with van der Waals surface area (Å²) in [5.41, 5.74) is 0.508. The normalized spacial score (nSPS) is 20.4. The number of hydrogen-bond acceptors (Lipinski definition) is 8. The van der Waals surface area contributed by atoms with Crippen molar-refractivity contribution in [2.75, 3.05) is 20.7 Å². The zero-order valence-corrected chi connectivity index (χ0v) is 15.0. The highest BCUT2D eigenvalue weighted by molar-refractivity contribution is 7.16. The van der Waals surface area contributed by atoms with Gasteiger partial charge in [0.1, 0.15) is 12.8 Å². The minimum Gasteiger partial charge on any atom is -0.463 e. The van der Waals surface area contributed by atoms with E-state index in [4.69, 9.17) is 9.47 Å². The van der Waals surface area contributed by atoms with Crippen molar-refractivity contribution in [3.05, 3.63) is 15.9 Å². The molecule has 2 aromatic heterocycles. The predicted molar refractivity (Wildman–Crippen MR) is 93.3 cm³/mol. The van der Waals surface area contributed by atoms with E-state index in [2.05, 4.69) is 15.0 Å². The van der Waals surface area contributed by atoms with Crippen molar-refractivity contribution in [2.24, 2.45) is 4.99 Å². The van der Waals surface area contributed by atoms with Gasteiger partial charge in [0.15, 0.2) is 5.65 Å². The number of ether oxygens (including phenoxy) is 2. The number of hydrogen-bond donors (Lipinski definition) is 0. The fourth-order valence-electron chi connectivity index (χ4n) is 2.52. The van der Waals surface area contributed by atoms with Crippen LogP contribution in [0.1, 0.15) is 26.0 Å². The maximum Gasteiger partial charge on any atom is 0.311 e. The van der Waals surface area contributed by atoms with E-state index in [1.165, 1.54) is 11.5 Å². The Morgan fingerprint density at radius 2 is 2.36 bits per heavy atom. The second-order valence-corrected chi connectivity index (χ2v) is 6.89. The van der Waals surface area contributed by atoms with Gasteiger partial charge >= 0.3 is 10.8 Å². The van der Waals surface area contributed by atoms with Gasteiger partial charge in [-0.2, -0.15) is 4.98 Å². The summed E-state index contributed by atoms with van der Waals surface area (Å²) in [6.07, 6.45) is 3.90. The van der Waals surface area contributed by atoms with Crippen LogP contribution in [0.3, 0.4) is 0 Å². The molecule has 134 valence electrons. The molecule has 0 aromatic carbocycles. The van der Waals surface area contributed by atoms with Gasteiger partial charge in [0.05, 0.1) is 23.3 Å². The molecule has 2 atom stereocenters. The summed E-state index contributed by atoms with van der Waals surface area (Å²) in [4.78, 5) is 37.6. The molecule has 0 N–H and O–H groups in total. The number of esters is 1. The monoisotopic (exact) mass is 365 g/mol. The van der Waals surface area contributed by atoms with Crippen LogP contribution in [0.2, 0.25) is 0 Å². The minimum atomic E-state index is -0.428. The highest BCUT2D eigenvalue weighted by Crippen LogP contribution is 2.31. The average Bonchev–Trinajstić information content (AvgIpc) is 3.13. The van der Waals surface area contributed by atoms with E-state index in [0.717, 1.165) is 11.3 Å². The predicted octanol–water partition coefficient (Wildman–Crippen LogP) is 1.32. The molecule has 0 aliphatic carbocycles. The molecule has 1 fully saturated rings. The second-order valence-electron chi connectivity index (χ2n) is 5.90. The number of rotatable bonds is 5. The molecule has 10 heteroatoms. The van der Waals surface area contributed by atoms with E-state index >= 15 is 0 Å². The first-order valence-corrected chi connectivity index (χ1v) is 8.63. The van der Waals surface area contributed by atoms with Gasteiger partial charge in [-0.1, -0.05) is 11.3 Å². The Balaban J connectivity index is 1.86. The molecule has 0 amide bonds. The molecule has 1 saturated heterocycles. The third-order valence-corrected chi connectivity index (χ3v) is 4.47. The largest absolute Gasteiger partial charge is 0.463 e. The molecule has 0 spiro atoms. The van der Waals surface area contributed by atoms with Crippen molar-refractivity contribution in [1.29, 1.82) is 0 Å². The lowest BCUT2D eigenvalue weighted by molar-refractivity contribution is -0.145. The Labute approximate surface area is 147 Å². The Morgan fingerprint density at radius 3 is 3.08 bits per heavy atom. The number of nitrogens with zero attached hydrogens (tertiary/aromatic N) is 5. The quantitative estimate of drug-likeness (QED) is 0.447. The lowest BCUT2D eigenvalue weighted by Crippen LogP contribution is -2.22. The topological polar surface area (TPSA) is 98.9 Å². The van der Waals surface area contributed by atoms with Crippen molar-refractivity contribution in [3.63, 3.8) is 0 Å². The average molecular weight is 365 g/mol. The van der Waals surface area contributed by atoms with Crippen LogP contribution in [-0.4, -0.2) is 58.5 Å². The van der Waals surface area contributed by atoms with Crippen LogP contribution in [0.4, 0.5) is 5.95 Å². The molecule has 3 rings (SSSR count). The number of carbonyl (C=O) groups is 1. The number of aromatic nitrogens is 3. The molecule has 0 radical (unpaired) electrons. The third kappa shape index (κ3) is 4.02. The highest BCUT2D eigenvalue weighted by Gasteiger charge is 2.30. The summed E-state index contributed by atoms with van der Waals surface area (Å²) in [6, 6.07) is 0. The maximum absolute atomic E-state index is 12.4. The van der Waals surface area contributed by atoms with Crippen LogP contribution >= 0.6 is 11.3 Å². The van der Waals surface area contributed by atoms with E-state index in [1.54, 1.807) is 17.4 Å². The van der Waals surface area contributed by atoms with E-state index in [9.17, 15) is 9.59 Å². The van der Waals surface area contributed by atoms with Crippen LogP contribution in [0.25, 0.3) is 10.3 Å². The fourth-order valence-corrected chi connectivity index (χ4v) is 3.35. The first kappa shape index (κ1) is 17.5. The van der Waals surface area contributed by atoms with Crippen molar-refractivity contribution >= 4 is 39.9 Å². The van der Waals surface area contributed by atoms with Gasteiger partial charge in [-0.05, 0) is 12.8 Å². The lowest BCUT2D eigenvalue weighted by atomic mass is 10.2. The van der Waals surface area contributed by atoms with Gasteiger partial charge in [0, 0.05) is 21.0 Å². The summed E-state index contributed by atoms with van der Waals surface area (Å²) in [5, 5.41) is 0. The van der Waals surface area contributed by atoms with Crippen LogP contribution < -0.4 is 4.87 Å². The van der Waals surface area contributed by atoms with E-state index < -0.39 is 6.23 Å². The summed E-state index contributed by atoms with van der Waals surface area (Å²) in [7, 11) is 3.69. The molecule has 0 saturated carbocycles. The first-order valence-electron chi connectivity index (χ1n) is 7.81. The molecule has 0 bridgehead atoms. The summed E-state index contributed by atoms with van der Waals surface area (Å²) in [5.74, 6) is -0.0662. The van der Waals surface area contributed by atoms with Crippen molar-refractivity contribution in [2.45, 2.75) is 32.1 Å². The van der Waals surface area contributed by atoms with Gasteiger partial charge < -0.3 is 14.4 Å². The van der Waals surface area contributed by atoms with Crippen LogP contribution in [0, 0.1) is 0 Å². The number of aliphatic imine (C=N–C) groups is 1. The van der Waals surface area contributed by atoms with Gasteiger partial charge in [-0.25, -0.2) is 9.98 Å². The number of fused-ring (bicyclic) bond motifs is 1. The molecular formula is C15H19N5O4S. The Morgan fingerprint density at radius 1 is 1.56 bits per heavy atom. The Hall–Kier alpha value is -2.33. The zero-order valence-electron chi connectivity index (χ0n) is 14.2. The van der Waals surface area contributed by atoms with Crippen LogP contribution in [0.5, 0.6) is 0 Å². The standard InChI is InChI=1S/C15H19N5O4S/c1-9(21)23-7-10-4-5-12(24-10)20-13-11(25-15(20)22)6-16-14(18-13)17-8-19(2)3/h6,8,10,12H,4-5,7H2,1-3H3/t10-,12+/m0/s1. The minimum absolute atomic E-state index is 0.156. The SMILES string of the molecule is CC(=O)OC[C@@H]1CC[C@H](n2c(=O)sc3cnc(N=CN(C)C)nc32)O1. The fraction of sp³-hybridized carbons (Fsp3) is 0.533. The number of carbonyl (C=O) groups excluding carboxylic acids is 1. The van der Waals surface area contributed by atoms with Gasteiger partial charge in [-0.15, -0.1) is 0 Å². The van der Waals surface area contributed by atoms with E-state index in [1.807, 2.05) is 14.1 Å². The highest BCUT2D eigenvalue weighted by atomic mass is 32.1. The second kappa shape index (κ2) is 7.28. The van der Waals surface area contributed by atoms with Crippen LogP contribution in [-0.2, 0) is 14.3 Å². The van der Waals surface area contributed by atoms with E-state index in [-0.39, 0.29) is 29.5 Å². The number of thiazole rings is 1. The summed E-state index contributed by atoms with van der Waals surface area (Å²) in [6.45, 7) is 1.55. The zero-order chi connectivity index (χ0) is 18.0. The third-order valence-electron chi connectivity index (χ3n) is 3.60. The van der Waals surface area contributed by atoms with Crippen LogP contribution in [0.15, 0.2) is 16.0 Å². The first-order chi connectivity index (χ1) is 11.9. The summed E-state index contributed by atoms with van der Waals surface area (Å²) >= 11 is 1.07. The van der Waals surface area contributed by atoms with Gasteiger partial charge in [-0.3, -0.25) is 14.2 Å². The lowest BCUT2D eigenvalue weighted by Gasteiger charge is -2.14. The van der Waals surface area contributed by atoms with Gasteiger partial charge in [0.25, 0.3) is 5.95 Å². The van der Waals surface area contributed by atoms with Crippen molar-refractivity contribution in [3.8, 4) is 0 Å². The molecule has 1 aliphatic heterocycles. The Kier molecular flexibility index (Phi) is 5.09. The summed E-state index contributed by atoms with van der Waals surface area (Å²) < 4.78 is 13.1. The van der Waals surface area contributed by atoms with Crippen molar-refractivity contribution < 1.29 is 14.3 Å². The molecule has 25 heavy (non-hydrogen) atoms. The molecule has 9 nitrogen and oxygen atoms in total. The molecule has 2 aromatic rings.